The Hall–Kier alpha value is -3.39. The van der Waals surface area contributed by atoms with E-state index in [0.29, 0.717) is 47.7 Å². The summed E-state index contributed by atoms with van der Waals surface area (Å²) in [6.07, 6.45) is 0.614. The summed E-state index contributed by atoms with van der Waals surface area (Å²) in [5.41, 5.74) is 0.669. The maximum atomic E-state index is 12.6. The van der Waals surface area contributed by atoms with Crippen LogP contribution in [0.15, 0.2) is 53.3 Å². The predicted octanol–water partition coefficient (Wildman–Crippen LogP) is 3.09. The van der Waals surface area contributed by atoms with Crippen LogP contribution in [-0.4, -0.2) is 36.4 Å². The van der Waals surface area contributed by atoms with Gasteiger partial charge in [-0.05, 0) is 30.7 Å². The Morgan fingerprint density at radius 1 is 1.11 bits per heavy atom. The van der Waals surface area contributed by atoms with Gasteiger partial charge in [0.15, 0.2) is 0 Å². The van der Waals surface area contributed by atoms with Gasteiger partial charge in [0.25, 0.3) is 0 Å². The summed E-state index contributed by atoms with van der Waals surface area (Å²) in [7, 11) is 3.16. The highest BCUT2D eigenvalue weighted by atomic mass is 16.5. The number of para-hydroxylation sites is 1. The van der Waals surface area contributed by atoms with Crippen molar-refractivity contribution >= 4 is 28.4 Å². The smallest absolute Gasteiger partial charge is 0.349 e. The van der Waals surface area contributed by atoms with Gasteiger partial charge in [-0.25, -0.2) is 9.59 Å². The standard InChI is InChI=1S/C20H22N4O4/c1-27-12-6-11-24-18(16-9-3-4-10-17(16)22-20(24)26)23-19(25)21-14-7-5-8-15(13-14)28-2/h3-5,7-10,13H,6,11-12H2,1-2H3,(H2,21,23,25). The fourth-order valence-corrected chi connectivity index (χ4v) is 2.86. The maximum Gasteiger partial charge on any atom is 0.349 e. The Bertz CT molecular complexity index is 1030. The second-order valence-corrected chi connectivity index (χ2v) is 6.07. The van der Waals surface area contributed by atoms with Crippen molar-refractivity contribution in [2.75, 3.05) is 31.5 Å². The van der Waals surface area contributed by atoms with Crippen molar-refractivity contribution in [3.63, 3.8) is 0 Å². The fourth-order valence-electron chi connectivity index (χ4n) is 2.86. The quantitative estimate of drug-likeness (QED) is 0.613. The monoisotopic (exact) mass is 382 g/mol. The van der Waals surface area contributed by atoms with Crippen LogP contribution < -0.4 is 21.1 Å². The Kier molecular flexibility index (Phi) is 6.23. The van der Waals surface area contributed by atoms with Gasteiger partial charge < -0.3 is 14.8 Å². The molecule has 0 saturated heterocycles. The fraction of sp³-hybridized carbons (Fsp3) is 0.250. The summed E-state index contributed by atoms with van der Waals surface area (Å²) in [6.45, 7) is 0.869. The lowest BCUT2D eigenvalue weighted by Crippen LogP contribution is -2.30. The molecular weight excluding hydrogens is 360 g/mol. The highest BCUT2D eigenvalue weighted by Crippen LogP contribution is 2.21. The predicted molar refractivity (Wildman–Crippen MR) is 108 cm³/mol. The molecule has 1 aromatic heterocycles. The third-order valence-electron chi connectivity index (χ3n) is 4.17. The van der Waals surface area contributed by atoms with Crippen molar-refractivity contribution in [3.8, 4) is 5.75 Å². The number of aromatic nitrogens is 2. The van der Waals surface area contributed by atoms with Crippen LogP contribution in [0.3, 0.4) is 0 Å². The number of benzene rings is 2. The lowest BCUT2D eigenvalue weighted by molar-refractivity contribution is 0.190. The third kappa shape index (κ3) is 4.47. The number of carbonyl (C=O) groups excluding carboxylic acids is 1. The lowest BCUT2D eigenvalue weighted by Gasteiger charge is -2.16. The number of hydrogen-bond acceptors (Lipinski definition) is 5. The van der Waals surface area contributed by atoms with Gasteiger partial charge in [0, 0.05) is 37.4 Å². The van der Waals surface area contributed by atoms with Crippen LogP contribution in [0.2, 0.25) is 0 Å². The molecule has 0 saturated carbocycles. The zero-order valence-electron chi connectivity index (χ0n) is 15.8. The van der Waals surface area contributed by atoms with Crippen LogP contribution in [0.4, 0.5) is 16.3 Å². The minimum absolute atomic E-state index is 0.374. The molecular formula is C20H22N4O4. The maximum absolute atomic E-state index is 12.6. The highest BCUT2D eigenvalue weighted by Gasteiger charge is 2.14. The third-order valence-corrected chi connectivity index (χ3v) is 4.17. The van der Waals surface area contributed by atoms with Crippen LogP contribution in [-0.2, 0) is 11.3 Å². The molecule has 8 nitrogen and oxygen atoms in total. The number of ether oxygens (including phenoxy) is 2. The van der Waals surface area contributed by atoms with Crippen LogP contribution in [0, 0.1) is 0 Å². The van der Waals surface area contributed by atoms with E-state index in [1.54, 1.807) is 50.6 Å². The van der Waals surface area contributed by atoms with Crippen molar-refractivity contribution in [2.45, 2.75) is 13.0 Å². The Labute approximate surface area is 162 Å². The van der Waals surface area contributed by atoms with Gasteiger partial charge in [-0.15, -0.1) is 0 Å². The van der Waals surface area contributed by atoms with Gasteiger partial charge in [-0.1, -0.05) is 18.2 Å². The van der Waals surface area contributed by atoms with Crippen molar-refractivity contribution in [1.29, 1.82) is 0 Å². The number of carbonyl (C=O) groups is 1. The van der Waals surface area contributed by atoms with Crippen molar-refractivity contribution in [1.82, 2.24) is 9.55 Å². The summed E-state index contributed by atoms with van der Waals surface area (Å²) < 4.78 is 11.7. The van der Waals surface area contributed by atoms with Crippen LogP contribution in [0.1, 0.15) is 6.42 Å². The van der Waals surface area contributed by atoms with Crippen LogP contribution >= 0.6 is 0 Å². The molecule has 0 aliphatic rings. The summed E-state index contributed by atoms with van der Waals surface area (Å²) >= 11 is 0. The molecule has 0 radical (unpaired) electrons. The number of amides is 2. The number of nitrogens with zero attached hydrogens (tertiary/aromatic N) is 2. The minimum atomic E-state index is -0.468. The Morgan fingerprint density at radius 3 is 2.71 bits per heavy atom. The highest BCUT2D eigenvalue weighted by molar-refractivity contribution is 6.04. The first-order chi connectivity index (χ1) is 13.6. The molecule has 0 atom stereocenters. The van der Waals surface area contributed by atoms with Crippen LogP contribution in [0.25, 0.3) is 10.9 Å². The number of nitrogens with one attached hydrogen (secondary N) is 2. The molecule has 0 aliphatic heterocycles. The van der Waals surface area contributed by atoms with Gasteiger partial charge in [-0.2, -0.15) is 4.98 Å². The lowest BCUT2D eigenvalue weighted by atomic mass is 10.2. The number of hydrogen-bond donors (Lipinski definition) is 2. The summed E-state index contributed by atoms with van der Waals surface area (Å²) in [5, 5.41) is 6.23. The second kappa shape index (κ2) is 9.01. The first-order valence-corrected chi connectivity index (χ1v) is 8.83. The average Bonchev–Trinajstić information content (AvgIpc) is 2.70. The molecule has 0 spiro atoms. The second-order valence-electron chi connectivity index (χ2n) is 6.07. The van der Waals surface area contributed by atoms with E-state index in [2.05, 4.69) is 15.6 Å². The number of rotatable bonds is 7. The van der Waals surface area contributed by atoms with E-state index in [9.17, 15) is 9.59 Å². The van der Waals surface area contributed by atoms with Crippen molar-refractivity contribution < 1.29 is 14.3 Å². The summed E-state index contributed by atoms with van der Waals surface area (Å²) in [6, 6.07) is 13.7. The molecule has 0 bridgehead atoms. The van der Waals surface area contributed by atoms with Crippen molar-refractivity contribution in [3.05, 3.63) is 59.0 Å². The van der Waals surface area contributed by atoms with Gasteiger partial charge in [-0.3, -0.25) is 9.88 Å². The molecule has 0 unspecified atom stereocenters. The van der Waals surface area contributed by atoms with E-state index >= 15 is 0 Å². The van der Waals surface area contributed by atoms with E-state index < -0.39 is 11.7 Å². The van der Waals surface area contributed by atoms with Gasteiger partial charge in [0.2, 0.25) is 0 Å². The molecule has 0 aliphatic carbocycles. The molecule has 28 heavy (non-hydrogen) atoms. The molecule has 3 aromatic rings. The summed E-state index contributed by atoms with van der Waals surface area (Å²) in [5.74, 6) is 1.02. The van der Waals surface area contributed by atoms with Crippen molar-refractivity contribution in [2.24, 2.45) is 0 Å². The Morgan fingerprint density at radius 2 is 1.93 bits per heavy atom. The number of urea groups is 1. The van der Waals surface area contributed by atoms with Gasteiger partial charge in [0.1, 0.15) is 11.6 Å². The Balaban J connectivity index is 1.92. The van der Waals surface area contributed by atoms with E-state index in [1.807, 2.05) is 12.1 Å². The molecule has 146 valence electrons. The molecule has 3 rings (SSSR count). The minimum Gasteiger partial charge on any atom is -0.497 e. The number of methoxy groups -OCH3 is 2. The molecule has 2 amide bonds. The van der Waals surface area contributed by atoms with E-state index in [1.165, 1.54) is 4.57 Å². The average molecular weight is 382 g/mol. The van der Waals surface area contributed by atoms with E-state index in [4.69, 9.17) is 9.47 Å². The van der Waals surface area contributed by atoms with Crippen LogP contribution in [0.5, 0.6) is 5.75 Å². The van der Waals surface area contributed by atoms with E-state index in [-0.39, 0.29) is 0 Å². The molecule has 2 aromatic carbocycles. The topological polar surface area (TPSA) is 94.5 Å². The molecule has 1 heterocycles. The number of anilines is 2. The van der Waals surface area contributed by atoms with Gasteiger partial charge >= 0.3 is 11.7 Å². The molecule has 0 fully saturated rings. The largest absolute Gasteiger partial charge is 0.497 e. The SMILES string of the molecule is COCCCn1c(NC(=O)Nc2cccc(OC)c2)c2ccccc2nc1=O. The van der Waals surface area contributed by atoms with E-state index in [0.717, 1.165) is 0 Å². The normalized spacial score (nSPS) is 10.6. The molecule has 2 N–H and O–H groups in total. The first kappa shape index (κ1) is 19.4. The first-order valence-electron chi connectivity index (χ1n) is 8.83. The zero-order chi connectivity index (χ0) is 19.9. The zero-order valence-corrected chi connectivity index (χ0v) is 15.8. The summed E-state index contributed by atoms with van der Waals surface area (Å²) in [4.78, 5) is 29.2. The molecule has 8 heteroatoms. The number of fused-ring (bicyclic) bond motifs is 1. The van der Waals surface area contributed by atoms with Gasteiger partial charge in [0.05, 0.1) is 12.6 Å².